The molecule has 0 aromatic carbocycles. The van der Waals surface area contributed by atoms with E-state index in [1.54, 1.807) is 80.2 Å². The zero-order valence-corrected chi connectivity index (χ0v) is 48.3. The quantitative estimate of drug-likeness (QED) is 0.0769. The second-order valence-electron chi connectivity index (χ2n) is 15.8. The summed E-state index contributed by atoms with van der Waals surface area (Å²) in [6, 6.07) is 34.6. The van der Waals surface area contributed by atoms with Gasteiger partial charge >= 0.3 is 20.1 Å². The summed E-state index contributed by atoms with van der Waals surface area (Å²) in [5.74, 6) is -0.187. The second kappa shape index (κ2) is 38.7. The molecule has 0 aliphatic heterocycles. The molecule has 3 N–H and O–H groups in total. The molecule has 0 spiro atoms. The summed E-state index contributed by atoms with van der Waals surface area (Å²) in [5.41, 5.74) is 12.4. The number of aliphatic hydroxyl groups excluding tert-OH is 3. The van der Waals surface area contributed by atoms with Crippen LogP contribution in [0.1, 0.15) is 63.8 Å². The number of aryl methyl sites for hydroxylation is 4. The van der Waals surface area contributed by atoms with Crippen molar-refractivity contribution in [1.29, 1.82) is 0 Å². The number of carbonyl (C=O) groups excluding carboxylic acids is 3. The Hall–Kier alpha value is -7.87. The fraction of sp³-hybridized carbons (Fsp3) is 0.169. The van der Waals surface area contributed by atoms with Crippen LogP contribution in [0, 0.1) is 45.9 Å². The summed E-state index contributed by atoms with van der Waals surface area (Å²) in [7, 11) is 0. The Bertz CT molecular complexity index is 2600. The van der Waals surface area contributed by atoms with Gasteiger partial charge in [0.15, 0.2) is 17.3 Å². The van der Waals surface area contributed by atoms with Crippen LogP contribution in [0.5, 0.6) is 0 Å². The number of aromatic nitrogens is 8. The first-order valence-corrected chi connectivity index (χ1v) is 22.5. The normalized spacial score (nSPS) is 10.1. The molecule has 75 heavy (non-hydrogen) atoms. The molecule has 0 fully saturated rings. The topological polar surface area (TPSA) is 215 Å². The zero-order chi connectivity index (χ0) is 54.0. The Kier molecular flexibility index (Phi) is 34.6. The zero-order valence-electron chi connectivity index (χ0n) is 43.5. The van der Waals surface area contributed by atoms with Crippen LogP contribution < -0.4 is 0 Å². The van der Waals surface area contributed by atoms with Crippen LogP contribution in [0.2, 0.25) is 0 Å². The van der Waals surface area contributed by atoms with Gasteiger partial charge in [-0.25, -0.2) is 0 Å². The third-order valence-electron chi connectivity index (χ3n) is 8.49. The molecule has 0 saturated heterocycles. The van der Waals surface area contributed by atoms with Gasteiger partial charge in [0.25, 0.3) is 0 Å². The Morgan fingerprint density at radius 3 is 0.907 bits per heavy atom. The first-order chi connectivity index (χ1) is 34.8. The summed E-state index contributed by atoms with van der Waals surface area (Å²) in [6.07, 6.45) is 24.7. The van der Waals surface area contributed by atoms with E-state index < -0.39 is 0 Å². The van der Waals surface area contributed by atoms with Crippen molar-refractivity contribution in [2.24, 2.45) is 0 Å². The number of allylic oxidation sites excluding steroid dienone is 6. The summed E-state index contributed by atoms with van der Waals surface area (Å²) in [5, 5.41) is 25.1. The van der Waals surface area contributed by atoms with E-state index in [-0.39, 0.29) is 74.8 Å². The van der Waals surface area contributed by atoms with E-state index in [0.29, 0.717) is 0 Å². The van der Waals surface area contributed by atoms with Crippen LogP contribution in [0.15, 0.2) is 189 Å². The number of aliphatic hydroxyl groups is 3. The van der Waals surface area contributed by atoms with E-state index in [2.05, 4.69) is 71.1 Å². The van der Waals surface area contributed by atoms with Crippen LogP contribution in [0.3, 0.4) is 0 Å². The van der Waals surface area contributed by atoms with Gasteiger partial charge in [-0.15, -0.1) is 53.1 Å². The summed E-state index contributed by atoms with van der Waals surface area (Å²) in [4.78, 5) is 63.1. The molecule has 8 aromatic heterocycles. The third kappa shape index (κ3) is 32.0. The number of rotatable bonds is 7. The molecule has 14 nitrogen and oxygen atoms in total. The molecule has 391 valence electrons. The van der Waals surface area contributed by atoms with Crippen molar-refractivity contribution >= 4 is 17.3 Å². The van der Waals surface area contributed by atoms with Gasteiger partial charge in [0.2, 0.25) is 0 Å². The monoisotopic (exact) mass is 1360 g/mol. The van der Waals surface area contributed by atoms with E-state index in [1.165, 1.54) is 82.0 Å². The standard InChI is InChI=1S/C11H10N2.3C11H9N2.3C5H8O2.2Ir/c4*1-9-4-6-13-11(7-9)10-3-2-5-12-8-10;3*1-4(6)3-5(2)7;;/h2-8H,1H3;3*2,4-8H,1H3;3*3,6H,1-2H3;;/q;3*-1;;;;;+3. The second-order valence-corrected chi connectivity index (χ2v) is 15.8. The minimum atomic E-state index is -0.125. The summed E-state index contributed by atoms with van der Waals surface area (Å²) in [6.45, 7) is 16.7. The molecule has 8 rings (SSSR count). The smallest absolute Gasteiger partial charge is 0.512 e. The van der Waals surface area contributed by atoms with Crippen LogP contribution >= 0.6 is 0 Å². The largest absolute Gasteiger partial charge is 3.00 e. The molecule has 0 bridgehead atoms. The van der Waals surface area contributed by atoms with Crippen molar-refractivity contribution in [3.05, 3.63) is 229 Å². The maximum atomic E-state index is 10.0. The number of carbonyl (C=O) groups is 3. The molecule has 8 heterocycles. The number of pyridine rings is 8. The third-order valence-corrected chi connectivity index (χ3v) is 8.49. The van der Waals surface area contributed by atoms with Gasteiger partial charge in [-0.2, -0.15) is 0 Å². The van der Waals surface area contributed by atoms with Crippen LogP contribution in [-0.2, 0) is 54.6 Å². The molecule has 1 radical (unpaired) electrons. The van der Waals surface area contributed by atoms with Crippen LogP contribution in [0.25, 0.3) is 45.0 Å². The fourth-order valence-corrected chi connectivity index (χ4v) is 5.54. The van der Waals surface area contributed by atoms with Crippen molar-refractivity contribution < 1.29 is 69.9 Å². The summed E-state index contributed by atoms with van der Waals surface area (Å²) >= 11 is 0. The van der Waals surface area contributed by atoms with E-state index in [9.17, 15) is 14.4 Å². The average Bonchev–Trinajstić information content (AvgIpc) is 3.35. The van der Waals surface area contributed by atoms with Gasteiger partial charge in [-0.3, -0.25) is 24.4 Å². The minimum Gasteiger partial charge on any atom is -0.512 e. The van der Waals surface area contributed by atoms with E-state index >= 15 is 0 Å². The Morgan fingerprint density at radius 2 is 0.693 bits per heavy atom. The van der Waals surface area contributed by atoms with Crippen molar-refractivity contribution in [3.63, 3.8) is 0 Å². The number of hydrogen-bond donors (Lipinski definition) is 3. The summed E-state index contributed by atoms with van der Waals surface area (Å²) < 4.78 is 0. The van der Waals surface area contributed by atoms with Gasteiger partial charge in [0, 0.05) is 81.1 Å². The number of nitrogens with zero attached hydrogens (tertiary/aromatic N) is 8. The predicted octanol–water partition coefficient (Wildman–Crippen LogP) is 12.3. The van der Waals surface area contributed by atoms with Crippen LogP contribution in [-0.4, -0.2) is 72.5 Å². The minimum absolute atomic E-state index is 0. The molecule has 0 aliphatic rings. The molecule has 8 aromatic rings. The molecule has 0 amide bonds. The van der Waals surface area contributed by atoms with E-state index in [4.69, 9.17) is 15.3 Å². The maximum absolute atomic E-state index is 10.0. The molecule has 0 saturated carbocycles. The molecular weight excluding hydrogens is 1300 g/mol. The molecular formula is C59H61Ir2N8O6. The average molecular weight is 1360 g/mol. The fourth-order valence-electron chi connectivity index (χ4n) is 5.54. The Balaban J connectivity index is 0.000000864. The first kappa shape index (κ1) is 67.1. The molecule has 0 aliphatic carbocycles. The molecule has 0 atom stereocenters. The van der Waals surface area contributed by atoms with Gasteiger partial charge in [0.05, 0.1) is 23.0 Å². The van der Waals surface area contributed by atoms with E-state index in [1.807, 2.05) is 87.8 Å². The van der Waals surface area contributed by atoms with Crippen molar-refractivity contribution in [1.82, 2.24) is 39.9 Å². The molecule has 16 heteroatoms. The number of hydrogen-bond acceptors (Lipinski definition) is 14. The Morgan fingerprint density at radius 1 is 0.413 bits per heavy atom. The van der Waals surface area contributed by atoms with Crippen molar-refractivity contribution in [2.45, 2.75) is 69.2 Å². The maximum Gasteiger partial charge on any atom is 3.00 e. The van der Waals surface area contributed by atoms with Gasteiger partial charge < -0.3 is 45.2 Å². The van der Waals surface area contributed by atoms with Crippen LogP contribution in [0.4, 0.5) is 0 Å². The first-order valence-electron chi connectivity index (χ1n) is 22.5. The van der Waals surface area contributed by atoms with Crippen molar-refractivity contribution in [3.8, 4) is 45.0 Å². The van der Waals surface area contributed by atoms with Gasteiger partial charge in [-0.05, 0) is 134 Å². The predicted molar refractivity (Wildman–Crippen MR) is 287 cm³/mol. The van der Waals surface area contributed by atoms with Crippen molar-refractivity contribution in [2.75, 3.05) is 0 Å². The van der Waals surface area contributed by atoms with Gasteiger partial charge in [0.1, 0.15) is 0 Å². The van der Waals surface area contributed by atoms with Gasteiger partial charge in [-0.1, -0.05) is 72.1 Å². The van der Waals surface area contributed by atoms with E-state index in [0.717, 1.165) is 45.0 Å². The SMILES string of the molecule is CC(=O)C=C(C)O.CC(=O)C=C(C)O.CC(=O)C=C(C)O.Cc1ccnc(-c2[c-]ccnc2)c1.Cc1ccnc(-c2[c-]ccnc2)c1.Cc1ccnc(-c2[c-]ccnc2)c1.Cc1ccnc(-c2cccnc2)c1.[Ir+3].[Ir]. The Labute approximate surface area is 467 Å². The molecule has 0 unspecified atom stereocenters. The number of ketones is 3.